The van der Waals surface area contributed by atoms with Gasteiger partial charge in [-0.05, 0) is 31.5 Å². The lowest BCUT2D eigenvalue weighted by Gasteiger charge is -2.27. The van der Waals surface area contributed by atoms with Crippen LogP contribution in [-0.4, -0.2) is 31.8 Å². The lowest BCUT2D eigenvalue weighted by atomic mass is 9.84. The summed E-state index contributed by atoms with van der Waals surface area (Å²) in [5.74, 6) is 0.601. The summed E-state index contributed by atoms with van der Waals surface area (Å²) in [7, 11) is 4.09. The Morgan fingerprint density at radius 2 is 2.00 bits per heavy atom. The fraction of sp³-hybridized carbons (Fsp3) is 0.364. The Bertz CT molecular complexity index is 1030. The summed E-state index contributed by atoms with van der Waals surface area (Å²) >= 11 is 0. The highest BCUT2D eigenvalue weighted by atomic mass is 16.5. The molecule has 1 aromatic carbocycles. The van der Waals surface area contributed by atoms with E-state index in [1.165, 1.54) is 4.90 Å². The van der Waals surface area contributed by atoms with Gasteiger partial charge in [0.25, 0.3) is 5.56 Å². The molecule has 0 unspecified atom stereocenters. The number of quaternary nitrogens is 1. The zero-order chi connectivity index (χ0) is 21.1. The quantitative estimate of drug-likeness (QED) is 0.758. The number of nitriles is 1. The minimum Gasteiger partial charge on any atom is -0.494 e. The highest BCUT2D eigenvalue weighted by Gasteiger charge is 2.34. The van der Waals surface area contributed by atoms with Crippen LogP contribution in [0.4, 0.5) is 0 Å². The fourth-order valence-electron chi connectivity index (χ4n) is 3.56. The molecule has 0 saturated heterocycles. The van der Waals surface area contributed by atoms with E-state index in [0.29, 0.717) is 24.5 Å². The molecule has 0 radical (unpaired) electrons. The molecule has 0 bridgehead atoms. The second-order valence-corrected chi connectivity index (χ2v) is 7.40. The predicted octanol–water partition coefficient (Wildman–Crippen LogP) is 0.918. The molecule has 7 heteroatoms. The second-order valence-electron chi connectivity index (χ2n) is 7.40. The summed E-state index contributed by atoms with van der Waals surface area (Å²) in [4.78, 5) is 14.7. The maximum absolute atomic E-state index is 13.4. The van der Waals surface area contributed by atoms with Crippen molar-refractivity contribution in [2.45, 2.75) is 26.3 Å². The zero-order valence-electron chi connectivity index (χ0n) is 17.3. The van der Waals surface area contributed by atoms with Crippen LogP contribution in [0, 0.1) is 18.3 Å². The number of nitrogens with two attached hydrogens (primary N) is 1. The van der Waals surface area contributed by atoms with Crippen LogP contribution in [0.25, 0.3) is 0 Å². The molecule has 0 fully saturated rings. The van der Waals surface area contributed by atoms with Gasteiger partial charge in [0.15, 0.2) is 0 Å². The highest BCUT2D eigenvalue weighted by molar-refractivity contribution is 5.55. The average Bonchev–Trinajstić information content (AvgIpc) is 2.67. The summed E-state index contributed by atoms with van der Waals surface area (Å²) < 4.78 is 12.9. The number of hydrogen-bond acceptors (Lipinski definition) is 5. The number of ether oxygens (including phenoxy) is 2. The molecule has 0 saturated carbocycles. The van der Waals surface area contributed by atoms with Crippen LogP contribution in [0.2, 0.25) is 0 Å². The largest absolute Gasteiger partial charge is 0.494 e. The first-order valence-corrected chi connectivity index (χ1v) is 9.71. The Kier molecular flexibility index (Phi) is 5.95. The maximum atomic E-state index is 13.4. The molecule has 2 aromatic rings. The third-order valence-corrected chi connectivity index (χ3v) is 5.05. The average molecular weight is 395 g/mol. The van der Waals surface area contributed by atoms with Crippen LogP contribution >= 0.6 is 0 Å². The summed E-state index contributed by atoms with van der Waals surface area (Å²) in [6, 6.07) is 11.4. The molecule has 1 aliphatic rings. The lowest BCUT2D eigenvalue weighted by molar-refractivity contribution is -0.858. The Balaban J connectivity index is 2.17. The number of nitrogens with zero attached hydrogens (tertiary/aromatic N) is 2. The molecule has 7 nitrogen and oxygen atoms in total. The predicted molar refractivity (Wildman–Crippen MR) is 110 cm³/mol. The van der Waals surface area contributed by atoms with E-state index in [1.807, 2.05) is 58.3 Å². The summed E-state index contributed by atoms with van der Waals surface area (Å²) in [5, 5.41) is 9.74. The molecular formula is C22H27N4O3+. The minimum atomic E-state index is -0.578. The summed E-state index contributed by atoms with van der Waals surface area (Å²) in [6.07, 6.45) is 0. The topological polar surface area (TPSA) is 94.7 Å². The molecule has 3 rings (SSSR count). The van der Waals surface area contributed by atoms with Crippen molar-refractivity contribution < 1.29 is 14.4 Å². The van der Waals surface area contributed by atoms with E-state index in [0.717, 1.165) is 23.6 Å². The molecule has 0 amide bonds. The first-order chi connectivity index (χ1) is 13.9. The van der Waals surface area contributed by atoms with Crippen LogP contribution in [0.15, 0.2) is 46.6 Å². The monoisotopic (exact) mass is 395 g/mol. The molecule has 2 heterocycles. The lowest BCUT2D eigenvalue weighted by Crippen LogP contribution is -3.06. The maximum Gasteiger partial charge on any atom is 0.258 e. The number of allylic oxidation sites excluding steroid dienone is 1. The molecule has 1 atom stereocenters. The minimum absolute atomic E-state index is 0.0353. The van der Waals surface area contributed by atoms with Crippen molar-refractivity contribution in [2.24, 2.45) is 5.73 Å². The number of benzene rings is 1. The van der Waals surface area contributed by atoms with Crippen LogP contribution in [0.1, 0.15) is 29.7 Å². The summed E-state index contributed by atoms with van der Waals surface area (Å²) in [5.41, 5.74) is 8.17. The van der Waals surface area contributed by atoms with Crippen molar-refractivity contribution in [3.8, 4) is 17.6 Å². The van der Waals surface area contributed by atoms with Crippen molar-refractivity contribution in [1.82, 2.24) is 4.57 Å². The standard InChI is InChI=1S/C22H26N4O3/c1-5-28-16-8-6-15(7-9-16)19-17(13-23)21(24)29-18-12-14(2)26(11-10-25(3)4)22(27)20(18)19/h6-9,12,19H,5,10-11,24H2,1-4H3/p+1/t19-/m0/s1. The normalized spacial score (nSPS) is 15.7. The second kappa shape index (κ2) is 8.41. The molecule has 152 valence electrons. The van der Waals surface area contributed by atoms with Gasteiger partial charge in [0.2, 0.25) is 5.88 Å². The molecular weight excluding hydrogens is 368 g/mol. The van der Waals surface area contributed by atoms with Crippen molar-refractivity contribution in [2.75, 3.05) is 27.2 Å². The van der Waals surface area contributed by atoms with Crippen LogP contribution in [-0.2, 0) is 6.54 Å². The molecule has 29 heavy (non-hydrogen) atoms. The van der Waals surface area contributed by atoms with Crippen molar-refractivity contribution >= 4 is 0 Å². The molecule has 1 aliphatic heterocycles. The number of likely N-dealkylation sites (N-methyl/N-ethyl adjacent to an activating group) is 1. The van der Waals surface area contributed by atoms with E-state index in [4.69, 9.17) is 15.2 Å². The Hall–Kier alpha value is -3.24. The number of aromatic nitrogens is 1. The van der Waals surface area contributed by atoms with Crippen molar-refractivity contribution in [1.29, 1.82) is 5.26 Å². The highest BCUT2D eigenvalue weighted by Crippen LogP contribution is 2.40. The van der Waals surface area contributed by atoms with E-state index in [2.05, 4.69) is 6.07 Å². The van der Waals surface area contributed by atoms with Crippen LogP contribution < -0.4 is 25.7 Å². The Morgan fingerprint density at radius 1 is 1.31 bits per heavy atom. The molecule has 0 spiro atoms. The smallest absolute Gasteiger partial charge is 0.258 e. The van der Waals surface area contributed by atoms with Crippen LogP contribution in [0.5, 0.6) is 11.5 Å². The van der Waals surface area contributed by atoms with E-state index >= 15 is 0 Å². The molecule has 0 aliphatic carbocycles. The van der Waals surface area contributed by atoms with Gasteiger partial charge in [-0.1, -0.05) is 12.1 Å². The van der Waals surface area contributed by atoms with E-state index in [-0.39, 0.29) is 17.0 Å². The number of fused-ring (bicyclic) bond motifs is 1. The third kappa shape index (κ3) is 3.98. The molecule has 3 N–H and O–H groups in total. The fourth-order valence-corrected chi connectivity index (χ4v) is 3.56. The number of aryl methyl sites for hydroxylation is 1. The van der Waals surface area contributed by atoms with Gasteiger partial charge in [-0.2, -0.15) is 5.26 Å². The number of rotatable bonds is 6. The van der Waals surface area contributed by atoms with Crippen LogP contribution in [0.3, 0.4) is 0 Å². The summed E-state index contributed by atoms with van der Waals surface area (Å²) in [6.45, 7) is 5.74. The van der Waals surface area contributed by atoms with E-state index < -0.39 is 5.92 Å². The van der Waals surface area contributed by atoms with Gasteiger partial charge in [0, 0.05) is 11.8 Å². The van der Waals surface area contributed by atoms with Crippen molar-refractivity contribution in [3.05, 3.63) is 69.0 Å². The van der Waals surface area contributed by atoms with Gasteiger partial charge in [0.05, 0.1) is 45.3 Å². The van der Waals surface area contributed by atoms with Gasteiger partial charge >= 0.3 is 0 Å². The molecule has 1 aromatic heterocycles. The van der Waals surface area contributed by atoms with Crippen molar-refractivity contribution in [3.63, 3.8) is 0 Å². The first-order valence-electron chi connectivity index (χ1n) is 9.71. The Labute approximate surface area is 170 Å². The first kappa shape index (κ1) is 20.5. The van der Waals surface area contributed by atoms with E-state index in [9.17, 15) is 10.1 Å². The van der Waals surface area contributed by atoms with Gasteiger partial charge in [0.1, 0.15) is 23.1 Å². The zero-order valence-corrected chi connectivity index (χ0v) is 17.3. The number of nitrogens with one attached hydrogen (secondary N) is 1. The van der Waals surface area contributed by atoms with Gasteiger partial charge in [-0.3, -0.25) is 4.79 Å². The van der Waals surface area contributed by atoms with Gasteiger partial charge < -0.3 is 24.7 Å². The van der Waals surface area contributed by atoms with Gasteiger partial charge in [-0.25, -0.2) is 0 Å². The number of pyridine rings is 1. The van der Waals surface area contributed by atoms with E-state index in [1.54, 1.807) is 4.57 Å². The van der Waals surface area contributed by atoms with Gasteiger partial charge in [-0.15, -0.1) is 0 Å². The number of hydrogen-bond donors (Lipinski definition) is 2. The third-order valence-electron chi connectivity index (χ3n) is 5.05. The Morgan fingerprint density at radius 3 is 2.59 bits per heavy atom. The SMILES string of the molecule is CCOc1ccc([C@H]2C(C#N)=C(N)Oc3cc(C)n(CC[NH+](C)C)c(=O)c32)cc1.